The number of ether oxygens (including phenoxy) is 1. The van der Waals surface area contributed by atoms with E-state index in [-0.39, 0.29) is 5.69 Å². The zero-order valence-corrected chi connectivity index (χ0v) is 18.5. The third-order valence-electron chi connectivity index (χ3n) is 5.30. The maximum atomic E-state index is 12.5. The van der Waals surface area contributed by atoms with Crippen LogP contribution in [0.15, 0.2) is 36.5 Å². The van der Waals surface area contributed by atoms with E-state index >= 15 is 0 Å². The summed E-state index contributed by atoms with van der Waals surface area (Å²) in [5, 5.41) is 18.6. The SMILES string of the molecule is COC(=O)c1nn(-c2cccc(C#CC(O)CCN(C)C=O)c2)c2ccnc(NC3CC3)c12. The van der Waals surface area contributed by atoms with E-state index in [1.54, 1.807) is 24.0 Å². The summed E-state index contributed by atoms with van der Waals surface area (Å²) < 4.78 is 6.63. The van der Waals surface area contributed by atoms with Crippen molar-refractivity contribution in [2.75, 3.05) is 26.0 Å². The van der Waals surface area contributed by atoms with Gasteiger partial charge in [-0.2, -0.15) is 5.10 Å². The first-order valence-electron chi connectivity index (χ1n) is 10.7. The molecule has 2 aromatic heterocycles. The van der Waals surface area contributed by atoms with Crippen LogP contribution in [0.4, 0.5) is 5.82 Å². The fourth-order valence-corrected chi connectivity index (χ4v) is 3.37. The lowest BCUT2D eigenvalue weighted by molar-refractivity contribution is -0.117. The Kier molecular flexibility index (Phi) is 6.56. The highest BCUT2D eigenvalue weighted by Gasteiger charge is 2.26. The molecule has 9 heteroatoms. The number of rotatable bonds is 8. The number of carbonyl (C=O) groups excluding carboxylic acids is 2. The van der Waals surface area contributed by atoms with E-state index in [2.05, 4.69) is 27.2 Å². The highest BCUT2D eigenvalue weighted by Crippen LogP contribution is 2.32. The van der Waals surface area contributed by atoms with Crippen LogP contribution in [-0.2, 0) is 9.53 Å². The Morgan fingerprint density at radius 1 is 1.42 bits per heavy atom. The minimum atomic E-state index is -0.852. The largest absolute Gasteiger partial charge is 0.464 e. The van der Waals surface area contributed by atoms with Crippen molar-refractivity contribution < 1.29 is 19.4 Å². The number of anilines is 1. The summed E-state index contributed by atoms with van der Waals surface area (Å²) >= 11 is 0. The van der Waals surface area contributed by atoms with Crippen LogP contribution in [0.1, 0.15) is 35.3 Å². The molecular weight excluding hydrogens is 422 g/mol. The van der Waals surface area contributed by atoms with Crippen LogP contribution in [0.3, 0.4) is 0 Å². The molecule has 9 nitrogen and oxygen atoms in total. The molecule has 1 aromatic carbocycles. The first-order valence-corrected chi connectivity index (χ1v) is 10.7. The molecule has 33 heavy (non-hydrogen) atoms. The molecule has 0 saturated heterocycles. The number of hydrogen-bond acceptors (Lipinski definition) is 7. The molecule has 1 aliphatic carbocycles. The van der Waals surface area contributed by atoms with Gasteiger partial charge in [-0.3, -0.25) is 4.79 Å². The molecule has 0 spiro atoms. The maximum Gasteiger partial charge on any atom is 0.359 e. The average Bonchev–Trinajstić information content (AvgIpc) is 3.57. The van der Waals surface area contributed by atoms with E-state index in [0.717, 1.165) is 18.4 Å². The van der Waals surface area contributed by atoms with Crippen LogP contribution in [0.5, 0.6) is 0 Å². The lowest BCUT2D eigenvalue weighted by Gasteiger charge is -2.10. The van der Waals surface area contributed by atoms with Crippen molar-refractivity contribution in [2.45, 2.75) is 31.4 Å². The fraction of sp³-hybridized carbons (Fsp3) is 0.333. The Morgan fingerprint density at radius 3 is 2.97 bits per heavy atom. The predicted octanol–water partition coefficient (Wildman–Crippen LogP) is 1.97. The topological polar surface area (TPSA) is 110 Å². The van der Waals surface area contributed by atoms with Gasteiger partial charge in [0.1, 0.15) is 11.9 Å². The molecule has 2 heterocycles. The Hall–Kier alpha value is -3.90. The van der Waals surface area contributed by atoms with Crippen molar-refractivity contribution >= 4 is 29.1 Å². The second-order valence-electron chi connectivity index (χ2n) is 7.93. The molecule has 1 fully saturated rings. The molecule has 1 atom stereocenters. The van der Waals surface area contributed by atoms with Crippen molar-refractivity contribution in [3.63, 3.8) is 0 Å². The predicted molar refractivity (Wildman–Crippen MR) is 123 cm³/mol. The van der Waals surface area contributed by atoms with E-state index in [0.29, 0.717) is 47.9 Å². The Balaban J connectivity index is 1.68. The summed E-state index contributed by atoms with van der Waals surface area (Å²) in [4.78, 5) is 29.0. The molecule has 0 radical (unpaired) electrons. The number of aromatic nitrogens is 3. The molecule has 1 amide bonds. The van der Waals surface area contributed by atoms with Crippen LogP contribution < -0.4 is 5.32 Å². The van der Waals surface area contributed by atoms with Gasteiger partial charge in [0.25, 0.3) is 0 Å². The molecule has 3 aromatic rings. The number of esters is 1. The normalized spacial score (nSPS) is 13.7. The zero-order valence-electron chi connectivity index (χ0n) is 18.5. The third kappa shape index (κ3) is 5.13. The van der Waals surface area contributed by atoms with Gasteiger partial charge in [0, 0.05) is 37.8 Å². The number of methoxy groups -OCH3 is 1. The van der Waals surface area contributed by atoms with Crippen molar-refractivity contribution in [3.8, 4) is 17.5 Å². The van der Waals surface area contributed by atoms with Crippen LogP contribution in [-0.4, -0.2) is 70.0 Å². The van der Waals surface area contributed by atoms with Gasteiger partial charge in [-0.1, -0.05) is 17.9 Å². The van der Waals surface area contributed by atoms with Gasteiger partial charge < -0.3 is 20.1 Å². The Labute approximate surface area is 191 Å². The molecule has 0 aliphatic heterocycles. The standard InChI is InChI=1S/C24H25N5O4/c1-28(15-30)13-11-19(31)9-6-16-4-3-5-18(14-16)29-20-10-12-25-23(26-17-7-8-17)21(20)22(27-29)24(32)33-2/h3-5,10,12,14-15,17,19,31H,7-8,11,13H2,1-2H3,(H,25,26). The van der Waals surface area contributed by atoms with Crippen LogP contribution in [0, 0.1) is 11.8 Å². The number of amides is 1. The number of aliphatic hydroxyl groups excluding tert-OH is 1. The number of aliphatic hydroxyl groups is 1. The maximum absolute atomic E-state index is 12.5. The third-order valence-corrected chi connectivity index (χ3v) is 5.30. The summed E-state index contributed by atoms with van der Waals surface area (Å²) in [6, 6.07) is 9.52. The van der Waals surface area contributed by atoms with Crippen LogP contribution in [0.2, 0.25) is 0 Å². The molecule has 1 aliphatic rings. The van der Waals surface area contributed by atoms with Gasteiger partial charge in [-0.05, 0) is 37.1 Å². The zero-order chi connectivity index (χ0) is 23.4. The van der Waals surface area contributed by atoms with Crippen LogP contribution in [0.25, 0.3) is 16.6 Å². The van der Waals surface area contributed by atoms with Gasteiger partial charge in [0.2, 0.25) is 6.41 Å². The number of nitrogens with one attached hydrogen (secondary N) is 1. The molecule has 1 saturated carbocycles. The van der Waals surface area contributed by atoms with E-state index in [1.165, 1.54) is 12.0 Å². The molecule has 2 N–H and O–H groups in total. The molecule has 4 rings (SSSR count). The van der Waals surface area contributed by atoms with Gasteiger partial charge in [0.15, 0.2) is 5.69 Å². The second kappa shape index (κ2) is 9.71. The number of benzene rings is 1. The monoisotopic (exact) mass is 447 g/mol. The lowest BCUT2D eigenvalue weighted by atomic mass is 10.1. The summed E-state index contributed by atoms with van der Waals surface area (Å²) in [5.74, 6) is 5.85. The minimum Gasteiger partial charge on any atom is -0.464 e. The van der Waals surface area contributed by atoms with E-state index < -0.39 is 12.1 Å². The first kappa shape index (κ1) is 22.3. The molecular formula is C24H25N5O4. The van der Waals surface area contributed by atoms with Crippen molar-refractivity contribution in [2.24, 2.45) is 0 Å². The average molecular weight is 447 g/mol. The summed E-state index contributed by atoms with van der Waals surface area (Å²) in [6.07, 6.45) is 4.03. The first-order chi connectivity index (χ1) is 16.0. The van der Waals surface area contributed by atoms with Crippen molar-refractivity contribution in [3.05, 3.63) is 47.8 Å². The Morgan fingerprint density at radius 2 is 2.24 bits per heavy atom. The number of carbonyl (C=O) groups is 2. The van der Waals surface area contributed by atoms with Crippen molar-refractivity contribution in [1.29, 1.82) is 0 Å². The van der Waals surface area contributed by atoms with Crippen LogP contribution >= 0.6 is 0 Å². The van der Waals surface area contributed by atoms with E-state index in [4.69, 9.17) is 4.74 Å². The van der Waals surface area contributed by atoms with Gasteiger partial charge in [-0.15, -0.1) is 0 Å². The molecule has 1 unspecified atom stereocenters. The smallest absolute Gasteiger partial charge is 0.359 e. The van der Waals surface area contributed by atoms with Crippen molar-refractivity contribution in [1.82, 2.24) is 19.7 Å². The van der Waals surface area contributed by atoms with Gasteiger partial charge >= 0.3 is 5.97 Å². The quantitative estimate of drug-likeness (QED) is 0.309. The van der Waals surface area contributed by atoms with E-state index in [1.807, 2.05) is 24.3 Å². The number of hydrogen-bond donors (Lipinski definition) is 2. The summed E-state index contributed by atoms with van der Waals surface area (Å²) in [5.41, 5.74) is 2.30. The lowest BCUT2D eigenvalue weighted by Crippen LogP contribution is -2.21. The highest BCUT2D eigenvalue weighted by atomic mass is 16.5. The number of fused-ring (bicyclic) bond motifs is 1. The number of nitrogens with zero attached hydrogens (tertiary/aromatic N) is 4. The summed E-state index contributed by atoms with van der Waals surface area (Å²) in [7, 11) is 2.97. The number of pyridine rings is 1. The minimum absolute atomic E-state index is 0.190. The highest BCUT2D eigenvalue weighted by molar-refractivity contribution is 6.07. The Bertz CT molecular complexity index is 1240. The fourth-order valence-electron chi connectivity index (χ4n) is 3.37. The van der Waals surface area contributed by atoms with Gasteiger partial charge in [-0.25, -0.2) is 14.5 Å². The molecule has 0 bridgehead atoms. The van der Waals surface area contributed by atoms with Gasteiger partial charge in [0.05, 0.1) is 23.7 Å². The van der Waals surface area contributed by atoms with E-state index in [9.17, 15) is 14.7 Å². The summed E-state index contributed by atoms with van der Waals surface area (Å²) in [6.45, 7) is 0.417. The molecule has 170 valence electrons. The second-order valence-corrected chi connectivity index (χ2v) is 7.93.